The third-order valence-electron chi connectivity index (χ3n) is 1.71. The predicted molar refractivity (Wildman–Crippen MR) is 43.5 cm³/mol. The van der Waals surface area contributed by atoms with Gasteiger partial charge in [-0.2, -0.15) is 0 Å². The quantitative estimate of drug-likeness (QED) is 0.564. The Labute approximate surface area is 64.8 Å². The highest BCUT2D eigenvalue weighted by molar-refractivity contribution is 5.16. The number of nitrogens with one attached hydrogen (secondary N) is 2. The number of nitrogens with two attached hydrogens (primary N) is 1. The Hall–Kier alpha value is -1.03. The van der Waals surface area contributed by atoms with Gasteiger partial charge in [0, 0.05) is 11.3 Å². The van der Waals surface area contributed by atoms with Crippen LogP contribution in [-0.2, 0) is 12.8 Å². The molecule has 0 saturated heterocycles. The molecule has 1 aromatic heterocycles. The summed E-state index contributed by atoms with van der Waals surface area (Å²) in [4.78, 5) is 11.0. The highest BCUT2D eigenvalue weighted by Gasteiger charge is 2.05. The minimum atomic E-state index is -0.0349. The maximum Gasteiger partial charge on any atom is 0.267 e. The van der Waals surface area contributed by atoms with Crippen molar-refractivity contribution in [1.29, 1.82) is 0 Å². The van der Waals surface area contributed by atoms with Gasteiger partial charge in [0.05, 0.1) is 0 Å². The van der Waals surface area contributed by atoms with E-state index in [1.165, 1.54) is 0 Å². The van der Waals surface area contributed by atoms with Crippen LogP contribution in [0.25, 0.3) is 0 Å². The minimum absolute atomic E-state index is 0.0349. The summed E-state index contributed by atoms with van der Waals surface area (Å²) < 4.78 is 0. The van der Waals surface area contributed by atoms with Crippen molar-refractivity contribution in [2.45, 2.75) is 19.8 Å². The van der Waals surface area contributed by atoms with E-state index in [9.17, 15) is 4.79 Å². The highest BCUT2D eigenvalue weighted by Crippen LogP contribution is 1.99. The molecule has 0 fully saturated rings. The van der Waals surface area contributed by atoms with Gasteiger partial charge in [0.15, 0.2) is 0 Å². The molecule has 0 bridgehead atoms. The van der Waals surface area contributed by atoms with Crippen molar-refractivity contribution in [3.05, 3.63) is 21.6 Å². The van der Waals surface area contributed by atoms with Gasteiger partial charge in [-0.3, -0.25) is 9.89 Å². The lowest BCUT2D eigenvalue weighted by Gasteiger charge is -1.94. The normalized spacial score (nSPS) is 10.4. The maximum absolute atomic E-state index is 11.0. The molecule has 1 rings (SSSR count). The Bertz CT molecular complexity index is 273. The van der Waals surface area contributed by atoms with E-state index in [4.69, 9.17) is 5.73 Å². The second-order valence-corrected chi connectivity index (χ2v) is 2.43. The van der Waals surface area contributed by atoms with Gasteiger partial charge in [-0.05, 0) is 19.4 Å². The Kier molecular flexibility index (Phi) is 2.48. The first-order valence-corrected chi connectivity index (χ1v) is 3.78. The van der Waals surface area contributed by atoms with Crippen molar-refractivity contribution in [3.8, 4) is 0 Å². The van der Waals surface area contributed by atoms with Gasteiger partial charge in [0.2, 0.25) is 0 Å². The Morgan fingerprint density at radius 3 is 2.73 bits per heavy atom. The fourth-order valence-corrected chi connectivity index (χ4v) is 1.13. The summed E-state index contributed by atoms with van der Waals surface area (Å²) >= 11 is 0. The van der Waals surface area contributed by atoms with Crippen molar-refractivity contribution in [3.63, 3.8) is 0 Å². The van der Waals surface area contributed by atoms with Crippen LogP contribution in [-0.4, -0.2) is 16.7 Å². The molecule has 0 aliphatic heterocycles. The Balaban J connectivity index is 2.97. The van der Waals surface area contributed by atoms with E-state index < -0.39 is 0 Å². The zero-order valence-electron chi connectivity index (χ0n) is 6.61. The molecule has 0 aromatic carbocycles. The summed E-state index contributed by atoms with van der Waals surface area (Å²) in [6.45, 7) is 2.52. The smallest absolute Gasteiger partial charge is 0.267 e. The molecule has 4 N–H and O–H groups in total. The van der Waals surface area contributed by atoms with Gasteiger partial charge in [0.1, 0.15) is 0 Å². The average molecular weight is 155 g/mol. The van der Waals surface area contributed by atoms with Crippen LogP contribution in [0.2, 0.25) is 0 Å². The van der Waals surface area contributed by atoms with E-state index in [1.54, 1.807) is 0 Å². The maximum atomic E-state index is 11.0. The van der Waals surface area contributed by atoms with Gasteiger partial charge in [-0.25, -0.2) is 0 Å². The first-order chi connectivity index (χ1) is 5.29. The SMILES string of the molecule is CCc1[nH][nH]c(=O)c1CCN. The lowest BCUT2D eigenvalue weighted by atomic mass is 10.1. The average Bonchev–Trinajstić information content (AvgIpc) is 2.34. The molecule has 4 heteroatoms. The van der Waals surface area contributed by atoms with Gasteiger partial charge in [-0.1, -0.05) is 6.92 Å². The van der Waals surface area contributed by atoms with Crippen LogP contribution in [0.1, 0.15) is 18.2 Å². The van der Waals surface area contributed by atoms with Crippen molar-refractivity contribution in [1.82, 2.24) is 10.2 Å². The lowest BCUT2D eigenvalue weighted by molar-refractivity contribution is 0.921. The summed E-state index contributed by atoms with van der Waals surface area (Å²) in [6, 6.07) is 0. The molecular weight excluding hydrogens is 142 g/mol. The predicted octanol–water partition coefficient (Wildman–Crippen LogP) is -0.233. The molecule has 1 heterocycles. The van der Waals surface area contributed by atoms with E-state index in [1.807, 2.05) is 6.92 Å². The van der Waals surface area contributed by atoms with Crippen LogP contribution in [0.15, 0.2) is 4.79 Å². The fourth-order valence-electron chi connectivity index (χ4n) is 1.13. The molecule has 11 heavy (non-hydrogen) atoms. The second kappa shape index (κ2) is 3.39. The van der Waals surface area contributed by atoms with Crippen LogP contribution < -0.4 is 11.3 Å². The molecule has 1 aromatic rings. The number of hydrogen-bond acceptors (Lipinski definition) is 2. The number of rotatable bonds is 3. The zero-order chi connectivity index (χ0) is 8.27. The summed E-state index contributed by atoms with van der Waals surface area (Å²) in [6.07, 6.45) is 1.50. The minimum Gasteiger partial charge on any atom is -0.330 e. The van der Waals surface area contributed by atoms with Crippen LogP contribution in [0.5, 0.6) is 0 Å². The molecule has 62 valence electrons. The third kappa shape index (κ3) is 1.51. The molecule has 0 saturated carbocycles. The summed E-state index contributed by atoms with van der Waals surface area (Å²) in [5.41, 5.74) is 7.08. The Morgan fingerprint density at radius 1 is 1.45 bits per heavy atom. The molecule has 0 radical (unpaired) electrons. The van der Waals surface area contributed by atoms with Crippen molar-refractivity contribution >= 4 is 0 Å². The first kappa shape index (κ1) is 8.07. The van der Waals surface area contributed by atoms with Gasteiger partial charge < -0.3 is 10.8 Å². The van der Waals surface area contributed by atoms with Crippen molar-refractivity contribution < 1.29 is 0 Å². The van der Waals surface area contributed by atoms with Crippen molar-refractivity contribution in [2.75, 3.05) is 6.54 Å². The van der Waals surface area contributed by atoms with E-state index in [-0.39, 0.29) is 5.56 Å². The van der Waals surface area contributed by atoms with Gasteiger partial charge in [0.25, 0.3) is 5.56 Å². The zero-order valence-corrected chi connectivity index (χ0v) is 6.61. The van der Waals surface area contributed by atoms with Crippen LogP contribution >= 0.6 is 0 Å². The molecule has 0 aliphatic rings. The van der Waals surface area contributed by atoms with E-state index in [0.29, 0.717) is 13.0 Å². The van der Waals surface area contributed by atoms with E-state index in [0.717, 1.165) is 17.7 Å². The largest absolute Gasteiger partial charge is 0.330 e. The van der Waals surface area contributed by atoms with Gasteiger partial charge >= 0.3 is 0 Å². The molecule has 0 unspecified atom stereocenters. The highest BCUT2D eigenvalue weighted by atomic mass is 16.1. The molecule has 4 nitrogen and oxygen atoms in total. The Morgan fingerprint density at radius 2 is 2.18 bits per heavy atom. The molecule has 0 spiro atoms. The topological polar surface area (TPSA) is 74.7 Å². The summed E-state index contributed by atoms with van der Waals surface area (Å²) in [5.74, 6) is 0. The number of aromatic amines is 2. The lowest BCUT2D eigenvalue weighted by Crippen LogP contribution is -2.12. The second-order valence-electron chi connectivity index (χ2n) is 2.43. The third-order valence-corrected chi connectivity index (χ3v) is 1.71. The number of hydrogen-bond donors (Lipinski definition) is 3. The van der Waals surface area contributed by atoms with Crippen LogP contribution in [0, 0.1) is 0 Å². The first-order valence-electron chi connectivity index (χ1n) is 3.78. The molecule has 0 amide bonds. The number of H-pyrrole nitrogens is 2. The fraction of sp³-hybridized carbons (Fsp3) is 0.571. The van der Waals surface area contributed by atoms with Gasteiger partial charge in [-0.15, -0.1) is 0 Å². The molecule has 0 aliphatic carbocycles. The van der Waals surface area contributed by atoms with Crippen LogP contribution in [0.3, 0.4) is 0 Å². The standard InChI is InChI=1S/C7H13N3O/c1-2-6-5(3-4-8)7(11)10-9-6/h2-4,8H2,1H3,(H2,9,10,11). The van der Waals surface area contributed by atoms with E-state index in [2.05, 4.69) is 10.2 Å². The van der Waals surface area contributed by atoms with Crippen LogP contribution in [0.4, 0.5) is 0 Å². The van der Waals surface area contributed by atoms with E-state index >= 15 is 0 Å². The summed E-state index contributed by atoms with van der Waals surface area (Å²) in [5, 5.41) is 5.35. The molecule has 0 atom stereocenters. The monoisotopic (exact) mass is 155 g/mol. The number of aryl methyl sites for hydroxylation is 1. The molecular formula is C7H13N3O. The summed E-state index contributed by atoms with van der Waals surface area (Å²) in [7, 11) is 0. The number of aromatic nitrogens is 2. The van der Waals surface area contributed by atoms with Crippen molar-refractivity contribution in [2.24, 2.45) is 5.73 Å².